The molecule has 0 unspecified atom stereocenters. The zero-order valence-electron chi connectivity index (χ0n) is 10.4. The van der Waals surface area contributed by atoms with Gasteiger partial charge in [0.1, 0.15) is 0 Å². The van der Waals surface area contributed by atoms with Crippen LogP contribution in [-0.2, 0) is 6.42 Å². The molecule has 0 heteroatoms. The summed E-state index contributed by atoms with van der Waals surface area (Å²) in [6.07, 6.45) is 12.1. The van der Waals surface area contributed by atoms with Crippen LogP contribution in [0.1, 0.15) is 18.1 Å². The second-order valence-corrected chi connectivity index (χ2v) is 5.08. The van der Waals surface area contributed by atoms with Crippen LogP contribution in [-0.4, -0.2) is 0 Å². The number of rotatable bonds is 0. The Balaban J connectivity index is 2.29. The van der Waals surface area contributed by atoms with E-state index in [1.54, 1.807) is 0 Å². The van der Waals surface area contributed by atoms with Crippen molar-refractivity contribution >= 4 is 28.5 Å². The lowest BCUT2D eigenvalue weighted by atomic mass is 9.93. The summed E-state index contributed by atoms with van der Waals surface area (Å²) >= 11 is 0. The fourth-order valence-electron chi connectivity index (χ4n) is 3.15. The van der Waals surface area contributed by atoms with Gasteiger partial charge >= 0.3 is 0 Å². The Kier molecular flexibility index (Phi) is 1.90. The van der Waals surface area contributed by atoms with Crippen molar-refractivity contribution in [1.29, 1.82) is 0 Å². The lowest BCUT2D eigenvalue weighted by molar-refractivity contribution is 1.22. The molecule has 0 aromatic heterocycles. The Morgan fingerprint density at radius 1 is 0.944 bits per heavy atom. The molecular formula is C18H14. The number of benzene rings is 2. The molecule has 0 N–H and O–H groups in total. The zero-order chi connectivity index (χ0) is 12.1. The van der Waals surface area contributed by atoms with Crippen molar-refractivity contribution in [2.45, 2.75) is 13.3 Å². The highest BCUT2D eigenvalue weighted by Gasteiger charge is 2.08. The van der Waals surface area contributed by atoms with Crippen LogP contribution in [0.2, 0.25) is 0 Å². The van der Waals surface area contributed by atoms with E-state index in [-0.39, 0.29) is 0 Å². The van der Waals surface area contributed by atoms with Crippen LogP contribution in [0.5, 0.6) is 0 Å². The molecule has 0 atom stereocenters. The minimum Gasteiger partial charge on any atom is -0.0798 e. The molecule has 0 spiro atoms. The molecule has 0 heterocycles. The van der Waals surface area contributed by atoms with Crippen molar-refractivity contribution in [2.24, 2.45) is 0 Å². The Morgan fingerprint density at radius 2 is 1.83 bits per heavy atom. The van der Waals surface area contributed by atoms with E-state index in [1.807, 2.05) is 0 Å². The standard InChI is InChI=1S/C18H14/c1-12-4-2-6-14-9-10-16-15-7-3-5-13(15)8-11-17(16)18(12)14/h2-5,7-11H,6H2,1H3. The maximum absolute atomic E-state index is 2.29. The highest BCUT2D eigenvalue weighted by Crippen LogP contribution is 2.16. The molecule has 0 saturated carbocycles. The molecule has 0 bridgehead atoms. The second kappa shape index (κ2) is 3.46. The lowest BCUT2D eigenvalue weighted by Gasteiger charge is -2.11. The van der Waals surface area contributed by atoms with Gasteiger partial charge in [0.2, 0.25) is 0 Å². The van der Waals surface area contributed by atoms with Crippen LogP contribution in [0.4, 0.5) is 0 Å². The predicted molar refractivity (Wildman–Crippen MR) is 78.6 cm³/mol. The van der Waals surface area contributed by atoms with Crippen LogP contribution in [0.3, 0.4) is 0 Å². The molecular weight excluding hydrogens is 216 g/mol. The highest BCUT2D eigenvalue weighted by molar-refractivity contribution is 5.91. The summed E-state index contributed by atoms with van der Waals surface area (Å²) in [6, 6.07) is 9.09. The monoisotopic (exact) mass is 230 g/mol. The van der Waals surface area contributed by atoms with E-state index in [9.17, 15) is 0 Å². The van der Waals surface area contributed by atoms with E-state index in [0.717, 1.165) is 6.42 Å². The normalized spacial score (nSPS) is 15.7. The van der Waals surface area contributed by atoms with Crippen LogP contribution in [0, 0.1) is 0 Å². The SMILES string of the molecule is CC1=c2c(ccc3c4c(ccc23)C=CC=4)CC=C1. The molecule has 0 amide bonds. The van der Waals surface area contributed by atoms with E-state index in [4.69, 9.17) is 0 Å². The van der Waals surface area contributed by atoms with Crippen molar-refractivity contribution in [3.63, 3.8) is 0 Å². The minimum absolute atomic E-state index is 1.06. The van der Waals surface area contributed by atoms with Gasteiger partial charge in [0, 0.05) is 0 Å². The summed E-state index contributed by atoms with van der Waals surface area (Å²) in [5.41, 5.74) is 4.17. The van der Waals surface area contributed by atoms with Gasteiger partial charge in [-0.1, -0.05) is 54.6 Å². The minimum atomic E-state index is 1.06. The summed E-state index contributed by atoms with van der Waals surface area (Å²) in [4.78, 5) is 0. The van der Waals surface area contributed by atoms with Crippen molar-refractivity contribution in [3.05, 3.63) is 64.1 Å². The number of hydrogen-bond donors (Lipinski definition) is 0. The Hall–Kier alpha value is -2.08. The number of allylic oxidation sites excluding steroid dienone is 3. The molecule has 86 valence electrons. The third-order valence-corrected chi connectivity index (χ3v) is 4.00. The van der Waals surface area contributed by atoms with Gasteiger partial charge in [-0.05, 0) is 51.3 Å². The summed E-state index contributed by atoms with van der Waals surface area (Å²) in [5.74, 6) is 0. The molecule has 0 fully saturated rings. The molecule has 2 aliphatic rings. The molecule has 2 aliphatic carbocycles. The van der Waals surface area contributed by atoms with Gasteiger partial charge in [-0.2, -0.15) is 0 Å². The summed E-state index contributed by atoms with van der Waals surface area (Å²) in [6.45, 7) is 2.21. The van der Waals surface area contributed by atoms with Crippen molar-refractivity contribution in [2.75, 3.05) is 0 Å². The van der Waals surface area contributed by atoms with E-state index in [1.165, 1.54) is 37.9 Å². The fourth-order valence-corrected chi connectivity index (χ4v) is 3.15. The quantitative estimate of drug-likeness (QED) is 0.653. The smallest absolute Gasteiger partial charge is 0.00880 e. The first-order valence-corrected chi connectivity index (χ1v) is 6.45. The first-order valence-electron chi connectivity index (χ1n) is 6.45. The number of fused-ring (bicyclic) bond motifs is 5. The molecule has 0 saturated heterocycles. The molecule has 0 radical (unpaired) electrons. The first kappa shape index (κ1) is 9.90. The maximum atomic E-state index is 2.29. The van der Waals surface area contributed by atoms with E-state index in [0.29, 0.717) is 0 Å². The molecule has 4 rings (SSSR count). The first-order chi connectivity index (χ1) is 8.84. The summed E-state index contributed by atoms with van der Waals surface area (Å²) in [5, 5.41) is 5.59. The van der Waals surface area contributed by atoms with E-state index >= 15 is 0 Å². The predicted octanol–water partition coefficient (Wildman–Crippen LogP) is 2.93. The third kappa shape index (κ3) is 1.20. The van der Waals surface area contributed by atoms with Gasteiger partial charge in [-0.15, -0.1) is 0 Å². The van der Waals surface area contributed by atoms with Gasteiger partial charge in [-0.3, -0.25) is 0 Å². The van der Waals surface area contributed by atoms with Gasteiger partial charge in [-0.25, -0.2) is 0 Å². The number of hydrogen-bond acceptors (Lipinski definition) is 0. The molecule has 2 aromatic rings. The van der Waals surface area contributed by atoms with Crippen LogP contribution in [0.25, 0.3) is 28.5 Å². The van der Waals surface area contributed by atoms with Crippen LogP contribution in [0.15, 0.2) is 42.5 Å². The molecule has 0 nitrogen and oxygen atoms in total. The van der Waals surface area contributed by atoms with E-state index in [2.05, 4.69) is 61.6 Å². The average Bonchev–Trinajstić information content (AvgIpc) is 2.86. The lowest BCUT2D eigenvalue weighted by Crippen LogP contribution is -2.18. The highest BCUT2D eigenvalue weighted by atomic mass is 14.1. The van der Waals surface area contributed by atoms with Crippen LogP contribution < -0.4 is 10.4 Å². The molecule has 18 heavy (non-hydrogen) atoms. The van der Waals surface area contributed by atoms with Crippen molar-refractivity contribution in [3.8, 4) is 0 Å². The van der Waals surface area contributed by atoms with Crippen LogP contribution >= 0.6 is 0 Å². The van der Waals surface area contributed by atoms with Gasteiger partial charge < -0.3 is 0 Å². The van der Waals surface area contributed by atoms with Crippen molar-refractivity contribution in [1.82, 2.24) is 0 Å². The maximum Gasteiger partial charge on any atom is -0.00880 e. The second-order valence-electron chi connectivity index (χ2n) is 5.08. The van der Waals surface area contributed by atoms with Gasteiger partial charge in [0.05, 0.1) is 0 Å². The summed E-state index contributed by atoms with van der Waals surface area (Å²) < 4.78 is 0. The fraction of sp³-hybridized carbons (Fsp3) is 0.111. The Labute approximate surface area is 106 Å². The zero-order valence-corrected chi connectivity index (χ0v) is 10.4. The topological polar surface area (TPSA) is 0 Å². The average molecular weight is 230 g/mol. The van der Waals surface area contributed by atoms with Gasteiger partial charge in [0.15, 0.2) is 0 Å². The third-order valence-electron chi connectivity index (χ3n) is 4.00. The van der Waals surface area contributed by atoms with Gasteiger partial charge in [0.25, 0.3) is 0 Å². The Bertz CT molecular complexity index is 846. The van der Waals surface area contributed by atoms with E-state index < -0.39 is 0 Å². The molecule has 2 aromatic carbocycles. The Morgan fingerprint density at radius 3 is 2.78 bits per heavy atom. The largest absolute Gasteiger partial charge is 0.0798 e. The summed E-state index contributed by atoms with van der Waals surface area (Å²) in [7, 11) is 0. The molecule has 0 aliphatic heterocycles. The van der Waals surface area contributed by atoms with Crippen molar-refractivity contribution < 1.29 is 0 Å².